The summed E-state index contributed by atoms with van der Waals surface area (Å²) in [5, 5.41) is 11.9. The highest BCUT2D eigenvalue weighted by Crippen LogP contribution is 2.44. The van der Waals surface area contributed by atoms with E-state index in [4.69, 9.17) is 24.2 Å². The number of nitrogens with zero attached hydrogens (tertiary/aromatic N) is 3. The quantitative estimate of drug-likeness (QED) is 0.0763. The van der Waals surface area contributed by atoms with Gasteiger partial charge in [0, 0.05) is 45.4 Å². The largest absolute Gasteiger partial charge is 0.493 e. The Morgan fingerprint density at radius 3 is 1.94 bits per heavy atom. The van der Waals surface area contributed by atoms with Crippen LogP contribution in [0.4, 0.5) is 5.69 Å². The van der Waals surface area contributed by atoms with Crippen LogP contribution in [0.5, 0.6) is 17.2 Å². The molecule has 11 heteroatoms. The van der Waals surface area contributed by atoms with Crippen molar-refractivity contribution in [3.05, 3.63) is 104 Å². The van der Waals surface area contributed by atoms with Crippen LogP contribution < -0.4 is 14.2 Å². The summed E-state index contributed by atoms with van der Waals surface area (Å²) < 4.78 is 17.9. The summed E-state index contributed by atoms with van der Waals surface area (Å²) in [4.78, 5) is 29.2. The highest BCUT2D eigenvalue weighted by Gasteiger charge is 2.21. The van der Waals surface area contributed by atoms with E-state index < -0.39 is 0 Å². The molecule has 264 valence electrons. The zero-order valence-corrected chi connectivity index (χ0v) is 31.0. The van der Waals surface area contributed by atoms with Crippen LogP contribution in [0, 0.1) is 10.1 Å². The van der Waals surface area contributed by atoms with Gasteiger partial charge in [-0.1, -0.05) is 38.3 Å². The lowest BCUT2D eigenvalue weighted by Gasteiger charge is -2.14. The molecule has 7 rings (SSSR count). The summed E-state index contributed by atoms with van der Waals surface area (Å²) in [7, 11) is 4.74. The number of aromatic amines is 2. The number of H-pyrrole nitrogens is 2. The second-order valence-electron chi connectivity index (χ2n) is 12.6. The summed E-state index contributed by atoms with van der Waals surface area (Å²) in [6, 6.07) is 18.6. The Bertz CT molecular complexity index is 2400. The first-order chi connectivity index (χ1) is 25.3. The number of aryl methyl sites for hydroxylation is 1. The average molecular weight is 761 g/mol. The number of ether oxygens (including phenoxy) is 3. The van der Waals surface area contributed by atoms with E-state index in [2.05, 4.69) is 45.0 Å². The zero-order valence-electron chi connectivity index (χ0n) is 29.4. The molecule has 8 bridgehead atoms. The number of non-ortho nitro benzene ring substituents is 1. The number of fused-ring (bicyclic) bond motifs is 8. The summed E-state index contributed by atoms with van der Waals surface area (Å²) in [5.41, 5.74) is 10.5. The standard InChI is InChI=1S/C41H38BrN5O5/c1-5-6-7-8-12-27-28-13-15-30(43-28)38(24-10-9-11-26(21-24)47(48)49)31-16-17-32(45-31)39(25-22-36(50-2)41(52-4)37(23-25)51-3)33-18-20-35(46-33)40(42)34-19-14-29(27)44-34/h9-11,13-23,44-45H,5-8,12H2,1-4H3. The Hall–Kier alpha value is -5.68. The van der Waals surface area contributed by atoms with Crippen molar-refractivity contribution >= 4 is 68.0 Å². The van der Waals surface area contributed by atoms with Crippen LogP contribution >= 0.6 is 15.9 Å². The first-order valence-electron chi connectivity index (χ1n) is 17.2. The molecule has 0 radical (unpaired) electrons. The van der Waals surface area contributed by atoms with Gasteiger partial charge in [0.05, 0.1) is 59.0 Å². The number of hydrogen-bond donors (Lipinski definition) is 2. The smallest absolute Gasteiger partial charge is 0.270 e. The molecule has 10 nitrogen and oxygen atoms in total. The fourth-order valence-electron chi connectivity index (χ4n) is 6.83. The Kier molecular flexibility index (Phi) is 9.95. The topological polar surface area (TPSA) is 128 Å². The van der Waals surface area contributed by atoms with Gasteiger partial charge in [0.1, 0.15) is 0 Å². The minimum atomic E-state index is -0.376. The van der Waals surface area contributed by atoms with Crippen LogP contribution in [-0.4, -0.2) is 46.2 Å². The van der Waals surface area contributed by atoms with E-state index in [1.54, 1.807) is 33.5 Å². The average Bonchev–Trinajstić information content (AvgIpc) is 4.00. The maximum Gasteiger partial charge on any atom is 0.270 e. The molecule has 0 unspecified atom stereocenters. The molecule has 0 aliphatic carbocycles. The number of halogens is 1. The number of unbranched alkanes of at least 4 members (excludes halogenated alkanes) is 3. The number of nitro benzene ring substituents is 1. The van der Waals surface area contributed by atoms with Crippen LogP contribution in [0.25, 0.3) is 68.6 Å². The number of nitro groups is 1. The van der Waals surface area contributed by atoms with E-state index in [9.17, 15) is 10.1 Å². The molecule has 0 atom stereocenters. The van der Waals surface area contributed by atoms with E-state index in [1.165, 1.54) is 12.5 Å². The zero-order chi connectivity index (χ0) is 36.4. The Morgan fingerprint density at radius 1 is 0.692 bits per heavy atom. The summed E-state index contributed by atoms with van der Waals surface area (Å²) in [6.45, 7) is 2.21. The predicted molar refractivity (Wildman–Crippen MR) is 212 cm³/mol. The van der Waals surface area contributed by atoms with Crippen LogP contribution in [0.15, 0.2) is 65.1 Å². The molecule has 5 aromatic rings. The van der Waals surface area contributed by atoms with E-state index in [1.807, 2.05) is 54.6 Å². The molecule has 5 heterocycles. The van der Waals surface area contributed by atoms with Crippen LogP contribution in [0.2, 0.25) is 0 Å². The highest BCUT2D eigenvalue weighted by atomic mass is 79.9. The fraction of sp³-hybridized carbons (Fsp3) is 0.220. The van der Waals surface area contributed by atoms with Crippen molar-refractivity contribution in [3.8, 4) is 39.5 Å². The van der Waals surface area contributed by atoms with Gasteiger partial charge in [-0.2, -0.15) is 0 Å². The SMILES string of the molecule is CCCCCCc1c2nc(c(-c3cccc([N+](=O)[O-])c3)c3ccc([nH]3)c(-c3cc(OC)c(OC)c(OC)c3)c3nc(c(Br)c4ccc1[nH]4)C=C3)C=C2. The van der Waals surface area contributed by atoms with E-state index >= 15 is 0 Å². The van der Waals surface area contributed by atoms with Crippen molar-refractivity contribution in [2.75, 3.05) is 21.3 Å². The molecule has 0 saturated heterocycles. The lowest BCUT2D eigenvalue weighted by molar-refractivity contribution is -0.384. The van der Waals surface area contributed by atoms with Crippen molar-refractivity contribution in [1.82, 2.24) is 19.9 Å². The van der Waals surface area contributed by atoms with Crippen molar-refractivity contribution in [1.29, 1.82) is 0 Å². The van der Waals surface area contributed by atoms with Gasteiger partial charge in [-0.3, -0.25) is 10.1 Å². The molecule has 3 aromatic heterocycles. The van der Waals surface area contributed by atoms with Crippen molar-refractivity contribution in [2.45, 2.75) is 39.0 Å². The molecule has 2 aliphatic rings. The molecule has 0 saturated carbocycles. The van der Waals surface area contributed by atoms with E-state index in [0.29, 0.717) is 34.2 Å². The third-order valence-corrected chi connectivity index (χ3v) is 10.2. The minimum absolute atomic E-state index is 0.00203. The summed E-state index contributed by atoms with van der Waals surface area (Å²) in [5.74, 6) is 1.48. The monoisotopic (exact) mass is 759 g/mol. The second kappa shape index (κ2) is 14.9. The van der Waals surface area contributed by atoms with Crippen molar-refractivity contribution < 1.29 is 19.1 Å². The normalized spacial score (nSPS) is 11.9. The van der Waals surface area contributed by atoms with Crippen LogP contribution in [0.3, 0.4) is 0 Å². The number of nitrogens with one attached hydrogen (secondary N) is 2. The van der Waals surface area contributed by atoms with Gasteiger partial charge in [0.25, 0.3) is 5.69 Å². The molecule has 2 aliphatic heterocycles. The number of hydrogen-bond acceptors (Lipinski definition) is 7. The van der Waals surface area contributed by atoms with Crippen LogP contribution in [-0.2, 0) is 6.42 Å². The molecule has 52 heavy (non-hydrogen) atoms. The van der Waals surface area contributed by atoms with Gasteiger partial charge in [0.2, 0.25) is 5.75 Å². The van der Waals surface area contributed by atoms with Gasteiger partial charge in [0.15, 0.2) is 11.5 Å². The van der Waals surface area contributed by atoms with Gasteiger partial charge >= 0.3 is 0 Å². The fourth-order valence-corrected chi connectivity index (χ4v) is 7.28. The molecular weight excluding hydrogens is 722 g/mol. The number of rotatable bonds is 11. The lowest BCUT2D eigenvalue weighted by atomic mass is 10.0. The molecule has 2 aromatic carbocycles. The maximum absolute atomic E-state index is 11.9. The van der Waals surface area contributed by atoms with Crippen molar-refractivity contribution in [2.24, 2.45) is 0 Å². The Labute approximate surface area is 309 Å². The number of benzene rings is 2. The third-order valence-electron chi connectivity index (χ3n) is 9.38. The van der Waals surface area contributed by atoms with Gasteiger partial charge in [-0.15, -0.1) is 0 Å². The maximum atomic E-state index is 11.9. The molecule has 2 N–H and O–H groups in total. The first-order valence-corrected chi connectivity index (χ1v) is 18.0. The summed E-state index contributed by atoms with van der Waals surface area (Å²) >= 11 is 3.85. The molecular formula is C41H38BrN5O5. The minimum Gasteiger partial charge on any atom is -0.493 e. The second-order valence-corrected chi connectivity index (χ2v) is 13.4. The lowest BCUT2D eigenvalue weighted by Crippen LogP contribution is -1.96. The van der Waals surface area contributed by atoms with Crippen molar-refractivity contribution in [3.63, 3.8) is 0 Å². The molecule has 0 amide bonds. The highest BCUT2D eigenvalue weighted by molar-refractivity contribution is 9.10. The first kappa shape index (κ1) is 34.8. The Balaban J connectivity index is 1.61. The van der Waals surface area contributed by atoms with E-state index in [-0.39, 0.29) is 10.6 Å². The molecule has 0 spiro atoms. The Morgan fingerprint density at radius 2 is 1.29 bits per heavy atom. The third kappa shape index (κ3) is 6.59. The van der Waals surface area contributed by atoms with E-state index in [0.717, 1.165) is 85.9 Å². The number of methoxy groups -OCH3 is 3. The van der Waals surface area contributed by atoms with Gasteiger partial charge < -0.3 is 24.2 Å². The summed E-state index contributed by atoms with van der Waals surface area (Å²) in [6.07, 6.45) is 13.3. The van der Waals surface area contributed by atoms with Gasteiger partial charge in [-0.25, -0.2) is 9.97 Å². The number of aromatic nitrogens is 4. The molecule has 0 fully saturated rings. The van der Waals surface area contributed by atoms with Gasteiger partial charge in [-0.05, 0) is 101 Å². The predicted octanol–water partition coefficient (Wildman–Crippen LogP) is 10.8. The van der Waals surface area contributed by atoms with Crippen LogP contribution in [0.1, 0.15) is 60.9 Å².